The second-order valence-electron chi connectivity index (χ2n) is 11.7. The van der Waals surface area contributed by atoms with Crippen LogP contribution in [0, 0.1) is 23.7 Å². The zero-order chi connectivity index (χ0) is 24.9. The molecule has 37 heavy (non-hydrogen) atoms. The average Bonchev–Trinajstić information content (AvgIpc) is 3.51. The quantitative estimate of drug-likeness (QED) is 0.478. The van der Waals surface area contributed by atoms with Crippen molar-refractivity contribution in [2.45, 2.75) is 67.3 Å². The normalized spacial score (nSPS) is 32.7. The van der Waals surface area contributed by atoms with Crippen molar-refractivity contribution in [2.75, 3.05) is 13.7 Å². The molecule has 1 aromatic carbocycles. The van der Waals surface area contributed by atoms with Crippen molar-refractivity contribution in [3.05, 3.63) is 60.6 Å². The van der Waals surface area contributed by atoms with Crippen LogP contribution >= 0.6 is 11.8 Å². The summed E-state index contributed by atoms with van der Waals surface area (Å²) >= 11 is 1.92. The molecule has 8 rings (SSSR count). The Labute approximate surface area is 223 Å². The monoisotopic (exact) mass is 516 g/mol. The summed E-state index contributed by atoms with van der Waals surface area (Å²) in [6, 6.07) is 14.9. The van der Waals surface area contributed by atoms with Crippen molar-refractivity contribution in [1.29, 1.82) is 0 Å². The van der Waals surface area contributed by atoms with Crippen LogP contribution in [0.3, 0.4) is 0 Å². The number of nitrogens with zero attached hydrogens (tertiary/aromatic N) is 3. The summed E-state index contributed by atoms with van der Waals surface area (Å²) in [5.74, 6) is 4.48. The third-order valence-electron chi connectivity index (χ3n) is 9.38. The highest BCUT2D eigenvalue weighted by atomic mass is 32.2. The van der Waals surface area contributed by atoms with E-state index in [1.807, 2.05) is 58.9 Å². The molecule has 1 amide bonds. The Kier molecular flexibility index (Phi) is 6.16. The number of fused-ring (bicyclic) bond motifs is 1. The van der Waals surface area contributed by atoms with E-state index in [0.717, 1.165) is 53.7 Å². The molecule has 1 aliphatic heterocycles. The largest absolute Gasteiger partial charge is 0.497 e. The van der Waals surface area contributed by atoms with Gasteiger partial charge in [-0.15, -0.1) is 11.8 Å². The highest BCUT2D eigenvalue weighted by molar-refractivity contribution is 8.00. The van der Waals surface area contributed by atoms with E-state index in [1.54, 1.807) is 7.11 Å². The van der Waals surface area contributed by atoms with Crippen molar-refractivity contribution < 1.29 is 9.53 Å². The molecular weight excluding hydrogens is 480 g/mol. The smallest absolute Gasteiger partial charge is 0.237 e. The molecule has 5 aliphatic rings. The number of likely N-dealkylation sites (tertiary alicyclic amines) is 1. The molecule has 5 fully saturated rings. The lowest BCUT2D eigenvalue weighted by Gasteiger charge is -2.57. The minimum absolute atomic E-state index is 0.0599. The average molecular weight is 517 g/mol. The predicted molar refractivity (Wildman–Crippen MR) is 146 cm³/mol. The van der Waals surface area contributed by atoms with Crippen molar-refractivity contribution >= 4 is 23.3 Å². The molecule has 4 saturated carbocycles. The molecule has 3 heterocycles. The maximum absolute atomic E-state index is 13.7. The fraction of sp³-hybridized carbons (Fsp3) is 0.533. The van der Waals surface area contributed by atoms with Gasteiger partial charge in [0.2, 0.25) is 5.91 Å². The summed E-state index contributed by atoms with van der Waals surface area (Å²) in [4.78, 5) is 22.3. The fourth-order valence-corrected chi connectivity index (χ4v) is 9.35. The molecule has 0 radical (unpaired) electrons. The van der Waals surface area contributed by atoms with Gasteiger partial charge < -0.3 is 14.5 Å². The molecule has 0 spiro atoms. The second-order valence-corrected chi connectivity index (χ2v) is 13.1. The molecule has 2 atom stereocenters. The van der Waals surface area contributed by atoms with E-state index < -0.39 is 0 Å². The van der Waals surface area contributed by atoms with Gasteiger partial charge >= 0.3 is 0 Å². The Morgan fingerprint density at radius 1 is 1.03 bits per heavy atom. The van der Waals surface area contributed by atoms with Gasteiger partial charge in [-0.3, -0.25) is 9.69 Å². The first kappa shape index (κ1) is 23.6. The number of imidazole rings is 1. The van der Waals surface area contributed by atoms with Crippen molar-refractivity contribution in [1.82, 2.24) is 19.6 Å². The third kappa shape index (κ3) is 4.54. The van der Waals surface area contributed by atoms with Crippen LogP contribution in [0.4, 0.5) is 0 Å². The number of methoxy groups -OCH3 is 1. The van der Waals surface area contributed by atoms with E-state index in [-0.39, 0.29) is 11.9 Å². The van der Waals surface area contributed by atoms with Crippen LogP contribution in [0.5, 0.6) is 5.75 Å². The predicted octanol–water partition coefficient (Wildman–Crippen LogP) is 5.02. The summed E-state index contributed by atoms with van der Waals surface area (Å²) in [7, 11) is 1.71. The number of rotatable bonds is 7. The number of amides is 1. The Balaban J connectivity index is 1.09. The lowest BCUT2D eigenvalue weighted by Crippen LogP contribution is -2.59. The summed E-state index contributed by atoms with van der Waals surface area (Å²) in [5, 5.41) is 3.68. The molecule has 1 N–H and O–H groups in total. The molecule has 0 unspecified atom stereocenters. The number of ether oxygens (including phenoxy) is 1. The standard InChI is InChI=1S/C30H36N4O2S/c1-36-24-5-7-25(8-6-24)37-26-15-27(30(35)31-16-23-17-33-9-3-2-4-28(33)32-23)34(18-26)29-21-11-19-10-20(13-21)14-22(29)12-19/h2-9,17,19-22,26-27,29H,10-16,18H2,1H3,(H,31,35)/t19?,20?,21?,22?,26-,27+,29?/m1/s1. The van der Waals surface area contributed by atoms with E-state index in [2.05, 4.69) is 27.3 Å². The van der Waals surface area contributed by atoms with Crippen LogP contribution in [0.25, 0.3) is 5.65 Å². The summed E-state index contributed by atoms with van der Waals surface area (Å²) in [6.07, 6.45) is 11.9. The number of aromatic nitrogens is 2. The van der Waals surface area contributed by atoms with Crippen LogP contribution in [0.2, 0.25) is 0 Å². The zero-order valence-corrected chi connectivity index (χ0v) is 22.3. The van der Waals surface area contributed by atoms with E-state index in [1.165, 1.54) is 37.0 Å². The number of thioether (sulfide) groups is 1. The molecule has 7 heteroatoms. The highest BCUT2D eigenvalue weighted by Crippen LogP contribution is 2.56. The number of carbonyl (C=O) groups excluding carboxylic acids is 1. The lowest BCUT2D eigenvalue weighted by atomic mass is 9.54. The molecule has 1 saturated heterocycles. The summed E-state index contributed by atoms with van der Waals surface area (Å²) < 4.78 is 7.36. The molecule has 4 aliphatic carbocycles. The van der Waals surface area contributed by atoms with Gasteiger partial charge in [-0.05, 0) is 98.6 Å². The first-order chi connectivity index (χ1) is 18.1. The molecule has 194 valence electrons. The van der Waals surface area contributed by atoms with E-state index in [0.29, 0.717) is 17.8 Å². The van der Waals surface area contributed by atoms with Crippen LogP contribution < -0.4 is 10.1 Å². The van der Waals surface area contributed by atoms with Crippen molar-refractivity contribution in [3.63, 3.8) is 0 Å². The maximum Gasteiger partial charge on any atom is 0.237 e. The van der Waals surface area contributed by atoms with Gasteiger partial charge in [0.25, 0.3) is 0 Å². The number of benzene rings is 1. The van der Waals surface area contributed by atoms with Gasteiger partial charge in [0.1, 0.15) is 11.4 Å². The van der Waals surface area contributed by atoms with Gasteiger partial charge in [-0.2, -0.15) is 0 Å². The zero-order valence-electron chi connectivity index (χ0n) is 21.5. The van der Waals surface area contributed by atoms with Gasteiger partial charge in [-0.25, -0.2) is 4.98 Å². The number of nitrogens with one attached hydrogen (secondary N) is 1. The molecular formula is C30H36N4O2S. The summed E-state index contributed by atoms with van der Waals surface area (Å²) in [6.45, 7) is 1.47. The Bertz CT molecular complexity index is 1210. The topological polar surface area (TPSA) is 58.9 Å². The first-order valence-corrected chi connectivity index (χ1v) is 14.8. The second kappa shape index (κ2) is 9.66. The lowest BCUT2D eigenvalue weighted by molar-refractivity contribution is -0.130. The number of hydrogen-bond donors (Lipinski definition) is 1. The minimum atomic E-state index is -0.0599. The summed E-state index contributed by atoms with van der Waals surface area (Å²) in [5.41, 5.74) is 1.82. The molecule has 6 nitrogen and oxygen atoms in total. The van der Waals surface area contributed by atoms with Crippen molar-refractivity contribution in [3.8, 4) is 5.75 Å². The van der Waals surface area contributed by atoms with E-state index >= 15 is 0 Å². The van der Waals surface area contributed by atoms with Crippen LogP contribution in [0.1, 0.15) is 44.2 Å². The van der Waals surface area contributed by atoms with Crippen LogP contribution in [-0.2, 0) is 11.3 Å². The number of carbonyl (C=O) groups is 1. The Morgan fingerprint density at radius 3 is 2.49 bits per heavy atom. The molecule has 4 bridgehead atoms. The third-order valence-corrected chi connectivity index (χ3v) is 10.6. The highest BCUT2D eigenvalue weighted by Gasteiger charge is 2.53. The van der Waals surface area contributed by atoms with Gasteiger partial charge in [-0.1, -0.05) is 6.07 Å². The fourth-order valence-electron chi connectivity index (χ4n) is 8.15. The van der Waals surface area contributed by atoms with Crippen LogP contribution in [0.15, 0.2) is 59.8 Å². The van der Waals surface area contributed by atoms with Gasteiger partial charge in [0, 0.05) is 35.1 Å². The number of hydrogen-bond acceptors (Lipinski definition) is 5. The van der Waals surface area contributed by atoms with Gasteiger partial charge in [0.05, 0.1) is 25.4 Å². The van der Waals surface area contributed by atoms with E-state index in [9.17, 15) is 4.79 Å². The SMILES string of the molecule is COc1ccc(S[C@@H]2C[C@@H](C(=O)NCc3cn4ccccc4n3)N(C3C4CC5CC(C4)CC3C5)C2)cc1. The Hall–Kier alpha value is -2.51. The molecule has 3 aromatic rings. The first-order valence-electron chi connectivity index (χ1n) is 13.9. The molecule has 2 aromatic heterocycles. The van der Waals surface area contributed by atoms with Gasteiger partial charge in [0.15, 0.2) is 0 Å². The van der Waals surface area contributed by atoms with Crippen molar-refractivity contribution in [2.24, 2.45) is 23.7 Å². The van der Waals surface area contributed by atoms with E-state index in [4.69, 9.17) is 4.74 Å². The minimum Gasteiger partial charge on any atom is -0.497 e. The maximum atomic E-state index is 13.7. The number of pyridine rings is 1. The Morgan fingerprint density at radius 2 is 1.78 bits per heavy atom. The van der Waals surface area contributed by atoms with Crippen LogP contribution in [-0.4, -0.2) is 51.2 Å².